The van der Waals surface area contributed by atoms with E-state index in [1.54, 1.807) is 35.3 Å². The summed E-state index contributed by atoms with van der Waals surface area (Å²) < 4.78 is 12.5. The molecule has 0 saturated heterocycles. The summed E-state index contributed by atoms with van der Waals surface area (Å²) in [5.74, 6) is 1.38. The summed E-state index contributed by atoms with van der Waals surface area (Å²) in [6.07, 6.45) is 5.11. The molecule has 0 bridgehead atoms. The SMILES string of the molecule is C[C@@H](NC(=O)c1ccc(Cn2cccn2)o1)c1ccco1. The Hall–Kier alpha value is -2.76. The van der Waals surface area contributed by atoms with Gasteiger partial charge in [-0.2, -0.15) is 5.10 Å². The highest BCUT2D eigenvalue weighted by Crippen LogP contribution is 2.15. The van der Waals surface area contributed by atoms with Gasteiger partial charge in [0, 0.05) is 12.4 Å². The van der Waals surface area contributed by atoms with Gasteiger partial charge in [-0.3, -0.25) is 9.48 Å². The standard InChI is InChI=1S/C15H15N3O3/c1-11(13-4-2-9-20-13)17-15(19)14-6-5-12(21-14)10-18-8-3-7-16-18/h2-9,11H,10H2,1H3,(H,17,19)/t11-/m1/s1. The summed E-state index contributed by atoms with van der Waals surface area (Å²) in [4.78, 5) is 12.1. The van der Waals surface area contributed by atoms with Crippen molar-refractivity contribution in [1.29, 1.82) is 0 Å². The lowest BCUT2D eigenvalue weighted by Crippen LogP contribution is -2.25. The van der Waals surface area contributed by atoms with Crippen LogP contribution >= 0.6 is 0 Å². The highest BCUT2D eigenvalue weighted by Gasteiger charge is 2.16. The first-order valence-corrected chi connectivity index (χ1v) is 6.63. The number of carbonyl (C=O) groups is 1. The molecule has 0 aliphatic rings. The van der Waals surface area contributed by atoms with Gasteiger partial charge >= 0.3 is 0 Å². The summed E-state index contributed by atoms with van der Waals surface area (Å²) in [5.41, 5.74) is 0. The molecule has 3 rings (SSSR count). The van der Waals surface area contributed by atoms with Crippen LogP contribution in [0.4, 0.5) is 0 Å². The van der Waals surface area contributed by atoms with Crippen molar-refractivity contribution >= 4 is 5.91 Å². The molecule has 0 saturated carbocycles. The largest absolute Gasteiger partial charge is 0.467 e. The van der Waals surface area contributed by atoms with E-state index in [4.69, 9.17) is 8.83 Å². The lowest BCUT2D eigenvalue weighted by atomic mass is 10.2. The maximum absolute atomic E-state index is 12.1. The Bertz CT molecular complexity index is 698. The molecule has 1 amide bonds. The second-order valence-corrected chi connectivity index (χ2v) is 4.68. The molecule has 0 aliphatic heterocycles. The third-order valence-electron chi connectivity index (χ3n) is 3.08. The van der Waals surface area contributed by atoms with Crippen molar-refractivity contribution in [2.75, 3.05) is 0 Å². The molecule has 108 valence electrons. The van der Waals surface area contributed by atoms with Crippen molar-refractivity contribution in [2.24, 2.45) is 0 Å². The number of rotatable bonds is 5. The Morgan fingerprint density at radius 3 is 3.00 bits per heavy atom. The fourth-order valence-corrected chi connectivity index (χ4v) is 2.02. The highest BCUT2D eigenvalue weighted by atomic mass is 16.4. The first kappa shape index (κ1) is 13.2. The third kappa shape index (κ3) is 3.05. The van der Waals surface area contributed by atoms with Crippen LogP contribution in [-0.4, -0.2) is 15.7 Å². The van der Waals surface area contributed by atoms with E-state index in [0.29, 0.717) is 18.1 Å². The Labute approximate surface area is 121 Å². The van der Waals surface area contributed by atoms with Gasteiger partial charge in [0.15, 0.2) is 5.76 Å². The van der Waals surface area contributed by atoms with Gasteiger partial charge in [0.2, 0.25) is 0 Å². The zero-order valence-corrected chi connectivity index (χ0v) is 11.5. The molecule has 0 radical (unpaired) electrons. The van der Waals surface area contributed by atoms with Gasteiger partial charge in [0.25, 0.3) is 5.91 Å². The molecule has 0 aromatic carbocycles. The molecule has 0 aliphatic carbocycles. The molecule has 6 nitrogen and oxygen atoms in total. The van der Waals surface area contributed by atoms with Crippen LogP contribution in [0.1, 0.15) is 35.0 Å². The van der Waals surface area contributed by atoms with Crippen LogP contribution in [-0.2, 0) is 6.54 Å². The van der Waals surface area contributed by atoms with Crippen LogP contribution in [0.2, 0.25) is 0 Å². The van der Waals surface area contributed by atoms with Crippen molar-refractivity contribution in [2.45, 2.75) is 19.5 Å². The van der Waals surface area contributed by atoms with Crippen LogP contribution in [0.15, 0.2) is 57.8 Å². The lowest BCUT2D eigenvalue weighted by molar-refractivity contribution is 0.0905. The summed E-state index contributed by atoms with van der Waals surface area (Å²) >= 11 is 0. The molecule has 0 unspecified atom stereocenters. The summed E-state index contributed by atoms with van der Waals surface area (Å²) in [6, 6.07) is 8.65. The monoisotopic (exact) mass is 285 g/mol. The molecule has 1 atom stereocenters. The predicted octanol–water partition coefficient (Wildman–Crippen LogP) is 2.61. The van der Waals surface area contributed by atoms with E-state index in [9.17, 15) is 4.79 Å². The van der Waals surface area contributed by atoms with Crippen molar-refractivity contribution in [3.8, 4) is 0 Å². The molecule has 0 spiro atoms. The Morgan fingerprint density at radius 2 is 2.29 bits per heavy atom. The molecule has 3 aromatic rings. The van der Waals surface area contributed by atoms with Gasteiger partial charge in [-0.25, -0.2) is 0 Å². The number of aromatic nitrogens is 2. The van der Waals surface area contributed by atoms with E-state index in [0.717, 1.165) is 0 Å². The fraction of sp³-hybridized carbons (Fsp3) is 0.200. The maximum Gasteiger partial charge on any atom is 0.287 e. The maximum atomic E-state index is 12.1. The van der Waals surface area contributed by atoms with Crippen LogP contribution in [0, 0.1) is 0 Å². The first-order valence-electron chi connectivity index (χ1n) is 6.63. The Morgan fingerprint density at radius 1 is 1.38 bits per heavy atom. The number of hydrogen-bond donors (Lipinski definition) is 1. The van der Waals surface area contributed by atoms with Gasteiger partial charge in [0.1, 0.15) is 11.5 Å². The fourth-order valence-electron chi connectivity index (χ4n) is 2.02. The molecule has 1 N–H and O–H groups in total. The minimum Gasteiger partial charge on any atom is -0.467 e. The number of amides is 1. The van der Waals surface area contributed by atoms with Crippen LogP contribution < -0.4 is 5.32 Å². The molecule has 6 heteroatoms. The van der Waals surface area contributed by atoms with Crippen molar-refractivity contribution in [1.82, 2.24) is 15.1 Å². The van der Waals surface area contributed by atoms with E-state index < -0.39 is 0 Å². The molecule has 3 heterocycles. The zero-order chi connectivity index (χ0) is 14.7. The first-order chi connectivity index (χ1) is 10.2. The Kier molecular flexibility index (Phi) is 3.59. The van der Waals surface area contributed by atoms with E-state index in [1.165, 1.54) is 0 Å². The van der Waals surface area contributed by atoms with Crippen molar-refractivity contribution < 1.29 is 13.6 Å². The van der Waals surface area contributed by atoms with E-state index in [2.05, 4.69) is 10.4 Å². The number of furan rings is 2. The summed E-state index contributed by atoms with van der Waals surface area (Å²) in [6.45, 7) is 2.35. The van der Waals surface area contributed by atoms with Gasteiger partial charge in [0.05, 0.1) is 18.8 Å². The van der Waals surface area contributed by atoms with Crippen LogP contribution in [0.5, 0.6) is 0 Å². The predicted molar refractivity (Wildman–Crippen MR) is 74.6 cm³/mol. The molecule has 3 aromatic heterocycles. The van der Waals surface area contributed by atoms with E-state index in [1.807, 2.05) is 25.3 Å². The normalized spacial score (nSPS) is 12.2. The highest BCUT2D eigenvalue weighted by molar-refractivity contribution is 5.91. The minimum atomic E-state index is -0.273. The molecular formula is C15H15N3O3. The average molecular weight is 285 g/mol. The summed E-state index contributed by atoms with van der Waals surface area (Å²) in [7, 11) is 0. The topological polar surface area (TPSA) is 73.2 Å². The molecule has 21 heavy (non-hydrogen) atoms. The quantitative estimate of drug-likeness (QED) is 0.782. The Balaban J connectivity index is 1.64. The van der Waals surface area contributed by atoms with E-state index >= 15 is 0 Å². The number of nitrogens with one attached hydrogen (secondary N) is 1. The lowest BCUT2D eigenvalue weighted by Gasteiger charge is -2.09. The number of nitrogens with zero attached hydrogens (tertiary/aromatic N) is 2. The minimum absolute atomic E-state index is 0.216. The average Bonchev–Trinajstić information content (AvgIpc) is 3.22. The summed E-state index contributed by atoms with van der Waals surface area (Å²) in [5, 5.41) is 6.91. The van der Waals surface area contributed by atoms with Gasteiger partial charge in [-0.1, -0.05) is 0 Å². The van der Waals surface area contributed by atoms with E-state index in [-0.39, 0.29) is 17.7 Å². The second kappa shape index (κ2) is 5.70. The number of carbonyl (C=O) groups excluding carboxylic acids is 1. The molecular weight excluding hydrogens is 270 g/mol. The van der Waals surface area contributed by atoms with Gasteiger partial charge < -0.3 is 14.2 Å². The van der Waals surface area contributed by atoms with Crippen molar-refractivity contribution in [3.63, 3.8) is 0 Å². The number of hydrogen-bond acceptors (Lipinski definition) is 4. The van der Waals surface area contributed by atoms with Crippen LogP contribution in [0.3, 0.4) is 0 Å². The van der Waals surface area contributed by atoms with Crippen molar-refractivity contribution in [3.05, 3.63) is 66.3 Å². The third-order valence-corrected chi connectivity index (χ3v) is 3.08. The zero-order valence-electron chi connectivity index (χ0n) is 11.5. The smallest absolute Gasteiger partial charge is 0.287 e. The van der Waals surface area contributed by atoms with Gasteiger partial charge in [-0.05, 0) is 37.3 Å². The molecule has 0 fully saturated rings. The van der Waals surface area contributed by atoms with Crippen LogP contribution in [0.25, 0.3) is 0 Å². The van der Waals surface area contributed by atoms with Gasteiger partial charge in [-0.15, -0.1) is 0 Å². The second-order valence-electron chi connectivity index (χ2n) is 4.68.